The van der Waals surface area contributed by atoms with Gasteiger partial charge in [0.1, 0.15) is 11.6 Å². The molecule has 156 valence electrons. The highest BCUT2D eigenvalue weighted by Crippen LogP contribution is 2.34. The number of halogens is 1. The summed E-state index contributed by atoms with van der Waals surface area (Å²) in [4.78, 5) is 2.10. The second-order valence-corrected chi connectivity index (χ2v) is 8.17. The molecule has 0 amide bonds. The topological polar surface area (TPSA) is 36.5 Å². The van der Waals surface area contributed by atoms with Crippen molar-refractivity contribution in [2.24, 2.45) is 11.8 Å². The van der Waals surface area contributed by atoms with E-state index < -0.39 is 0 Å². The van der Waals surface area contributed by atoms with Gasteiger partial charge in [-0.15, -0.1) is 0 Å². The maximum Gasteiger partial charge on any atom is 0.123 e. The highest BCUT2D eigenvalue weighted by Gasteiger charge is 2.25. The lowest BCUT2D eigenvalue weighted by Crippen LogP contribution is -2.39. The Morgan fingerprint density at radius 3 is 2.64 bits per heavy atom. The van der Waals surface area contributed by atoms with Crippen molar-refractivity contribution >= 4 is 0 Å². The number of ether oxygens (including phenoxy) is 1. The third-order valence-corrected chi connectivity index (χ3v) is 5.77. The maximum atomic E-state index is 13.5. The van der Waals surface area contributed by atoms with Gasteiger partial charge in [0.2, 0.25) is 0 Å². The van der Waals surface area contributed by atoms with E-state index in [0.29, 0.717) is 23.9 Å². The first kappa shape index (κ1) is 22.3. The summed E-state index contributed by atoms with van der Waals surface area (Å²) in [5.74, 6) is 2.06. The normalized spacial score (nSPS) is 20.5. The molecule has 0 aromatic heterocycles. The summed E-state index contributed by atoms with van der Waals surface area (Å²) in [6, 6.07) is 7.05. The van der Waals surface area contributed by atoms with Gasteiger partial charge in [-0.05, 0) is 55.2 Å². The zero-order chi connectivity index (χ0) is 20.5. The second kappa shape index (κ2) is 11.1. The molecule has 2 N–H and O–H groups in total. The molecule has 28 heavy (non-hydrogen) atoms. The molecule has 4 nitrogen and oxygen atoms in total. The fourth-order valence-corrected chi connectivity index (χ4v) is 3.73. The quantitative estimate of drug-likeness (QED) is 0.534. The molecule has 1 aromatic carbocycles. The van der Waals surface area contributed by atoms with Gasteiger partial charge in [-0.3, -0.25) is 5.43 Å². The Kier molecular flexibility index (Phi) is 8.84. The van der Waals surface area contributed by atoms with Gasteiger partial charge in [0, 0.05) is 25.7 Å². The van der Waals surface area contributed by atoms with Crippen LogP contribution in [-0.4, -0.2) is 31.2 Å². The molecule has 1 aromatic rings. The molecule has 1 saturated carbocycles. The second-order valence-electron chi connectivity index (χ2n) is 8.17. The van der Waals surface area contributed by atoms with Crippen LogP contribution in [0.15, 0.2) is 49.4 Å². The van der Waals surface area contributed by atoms with Crippen LogP contribution in [0.25, 0.3) is 0 Å². The molecule has 0 heterocycles. The Hall–Kier alpha value is -2.01. The van der Waals surface area contributed by atoms with Crippen molar-refractivity contribution in [3.63, 3.8) is 0 Å². The SMILES string of the molecule is C=CNNC(=C)N(C)CC(COC1CCC(c2cccc(F)c2)CC1)C(C)C. The number of benzene rings is 1. The van der Waals surface area contributed by atoms with Gasteiger partial charge in [-0.25, -0.2) is 4.39 Å². The molecule has 0 saturated heterocycles. The molecule has 1 aliphatic carbocycles. The van der Waals surface area contributed by atoms with Gasteiger partial charge in [0.15, 0.2) is 0 Å². The summed E-state index contributed by atoms with van der Waals surface area (Å²) in [5.41, 5.74) is 6.98. The fourth-order valence-electron chi connectivity index (χ4n) is 3.73. The average molecular weight is 390 g/mol. The van der Waals surface area contributed by atoms with Gasteiger partial charge in [-0.1, -0.05) is 39.1 Å². The third kappa shape index (κ3) is 6.86. The van der Waals surface area contributed by atoms with Crippen LogP contribution in [0.4, 0.5) is 4.39 Å². The Morgan fingerprint density at radius 2 is 2.04 bits per heavy atom. The number of hydrazine groups is 1. The molecule has 0 aliphatic heterocycles. The molecule has 0 spiro atoms. The molecule has 1 aliphatic rings. The summed E-state index contributed by atoms with van der Waals surface area (Å²) >= 11 is 0. The Balaban J connectivity index is 1.78. The van der Waals surface area contributed by atoms with E-state index >= 15 is 0 Å². The first-order valence-corrected chi connectivity index (χ1v) is 10.3. The monoisotopic (exact) mass is 389 g/mol. The zero-order valence-corrected chi connectivity index (χ0v) is 17.6. The van der Waals surface area contributed by atoms with Gasteiger partial charge < -0.3 is 15.1 Å². The summed E-state index contributed by atoms with van der Waals surface area (Å²) in [6.07, 6.45) is 6.10. The summed E-state index contributed by atoms with van der Waals surface area (Å²) in [5, 5.41) is 0. The highest BCUT2D eigenvalue weighted by atomic mass is 19.1. The molecule has 0 radical (unpaired) electrons. The average Bonchev–Trinajstić information content (AvgIpc) is 2.69. The Bertz CT molecular complexity index is 626. The van der Waals surface area contributed by atoms with Gasteiger partial charge >= 0.3 is 0 Å². The van der Waals surface area contributed by atoms with Crippen molar-refractivity contribution < 1.29 is 9.13 Å². The number of nitrogens with zero attached hydrogens (tertiary/aromatic N) is 1. The van der Waals surface area contributed by atoms with E-state index in [2.05, 4.69) is 42.8 Å². The van der Waals surface area contributed by atoms with Crippen molar-refractivity contribution in [1.29, 1.82) is 0 Å². The van der Waals surface area contributed by atoms with E-state index in [0.717, 1.165) is 50.2 Å². The molecule has 0 bridgehead atoms. The van der Waals surface area contributed by atoms with E-state index in [1.807, 2.05) is 19.2 Å². The molecule has 1 fully saturated rings. The van der Waals surface area contributed by atoms with Crippen molar-refractivity contribution in [1.82, 2.24) is 15.8 Å². The first-order valence-electron chi connectivity index (χ1n) is 10.3. The first-order chi connectivity index (χ1) is 13.4. The largest absolute Gasteiger partial charge is 0.378 e. The van der Waals surface area contributed by atoms with E-state index in [4.69, 9.17) is 4.74 Å². The minimum Gasteiger partial charge on any atom is -0.378 e. The van der Waals surface area contributed by atoms with Crippen LogP contribution in [0.5, 0.6) is 0 Å². The van der Waals surface area contributed by atoms with Crippen molar-refractivity contribution in [2.45, 2.75) is 51.6 Å². The number of nitrogens with one attached hydrogen (secondary N) is 2. The van der Waals surface area contributed by atoms with Gasteiger partial charge in [0.05, 0.1) is 12.7 Å². The zero-order valence-electron chi connectivity index (χ0n) is 17.6. The van der Waals surface area contributed by atoms with E-state index in [1.165, 1.54) is 6.07 Å². The number of hydrogen-bond donors (Lipinski definition) is 2. The minimum atomic E-state index is -0.140. The van der Waals surface area contributed by atoms with Gasteiger partial charge in [0.25, 0.3) is 0 Å². The van der Waals surface area contributed by atoms with E-state index in [-0.39, 0.29) is 5.82 Å². The number of rotatable bonds is 11. The van der Waals surface area contributed by atoms with Crippen LogP contribution < -0.4 is 10.9 Å². The van der Waals surface area contributed by atoms with Crippen LogP contribution in [-0.2, 0) is 4.74 Å². The lowest BCUT2D eigenvalue weighted by Gasteiger charge is -2.33. The van der Waals surface area contributed by atoms with Crippen LogP contribution in [0.2, 0.25) is 0 Å². The van der Waals surface area contributed by atoms with Crippen LogP contribution >= 0.6 is 0 Å². The van der Waals surface area contributed by atoms with Crippen LogP contribution in [0.1, 0.15) is 51.0 Å². The highest BCUT2D eigenvalue weighted by molar-refractivity contribution is 5.21. The summed E-state index contributed by atoms with van der Waals surface area (Å²) in [6.45, 7) is 13.8. The molecule has 1 unspecified atom stereocenters. The predicted molar refractivity (Wildman–Crippen MR) is 114 cm³/mol. The Morgan fingerprint density at radius 1 is 1.32 bits per heavy atom. The van der Waals surface area contributed by atoms with E-state index in [1.54, 1.807) is 12.3 Å². The molecular formula is C23H36FN3O. The number of hydrogen-bond acceptors (Lipinski definition) is 4. The minimum absolute atomic E-state index is 0.140. The van der Waals surface area contributed by atoms with Gasteiger partial charge in [-0.2, -0.15) is 0 Å². The molecular weight excluding hydrogens is 353 g/mol. The smallest absolute Gasteiger partial charge is 0.123 e. The fraction of sp³-hybridized carbons (Fsp3) is 0.565. The lowest BCUT2D eigenvalue weighted by atomic mass is 9.82. The lowest BCUT2D eigenvalue weighted by molar-refractivity contribution is -0.00826. The van der Waals surface area contributed by atoms with Crippen molar-refractivity contribution in [3.8, 4) is 0 Å². The maximum absolute atomic E-state index is 13.5. The van der Waals surface area contributed by atoms with Crippen molar-refractivity contribution in [2.75, 3.05) is 20.2 Å². The van der Waals surface area contributed by atoms with Crippen molar-refractivity contribution in [3.05, 3.63) is 60.8 Å². The summed E-state index contributed by atoms with van der Waals surface area (Å²) in [7, 11) is 2.03. The van der Waals surface area contributed by atoms with Crippen LogP contribution in [0.3, 0.4) is 0 Å². The third-order valence-electron chi connectivity index (χ3n) is 5.77. The standard InChI is InChI=1S/C23H36FN3O/c1-6-25-26-18(4)27(5)15-21(17(2)3)16-28-23-12-10-19(11-13-23)20-8-7-9-22(24)14-20/h6-9,14,17,19,21,23,25-26H,1,4,10-13,15-16H2,2-3,5H3. The molecule has 5 heteroatoms. The predicted octanol–water partition coefficient (Wildman–Crippen LogP) is 4.78. The summed E-state index contributed by atoms with van der Waals surface area (Å²) < 4.78 is 19.8. The van der Waals surface area contributed by atoms with Crippen LogP contribution in [0, 0.1) is 17.7 Å². The molecule has 2 rings (SSSR count). The Labute approximate surface area is 169 Å². The molecule has 1 atom stereocenters. The van der Waals surface area contributed by atoms with E-state index in [9.17, 15) is 4.39 Å².